The van der Waals surface area contributed by atoms with Gasteiger partial charge < -0.3 is 18.9 Å². The van der Waals surface area contributed by atoms with Gasteiger partial charge in [-0.2, -0.15) is 0 Å². The number of fused-ring (bicyclic) bond motifs is 1. The van der Waals surface area contributed by atoms with Crippen LogP contribution in [0.3, 0.4) is 0 Å². The van der Waals surface area contributed by atoms with Crippen LogP contribution in [0.15, 0.2) is 88.0 Å². The summed E-state index contributed by atoms with van der Waals surface area (Å²) in [6.07, 6.45) is 4.30. The Morgan fingerprint density at radius 1 is 0.720 bits per heavy atom. The number of amides is 3. The number of hydrogen-bond donors (Lipinski definition) is 5. The number of hydroxylamine groups is 2. The Labute approximate surface area is 294 Å². The maximum Gasteiger partial charge on any atom is 0.296 e. The van der Waals surface area contributed by atoms with Crippen LogP contribution in [0.25, 0.3) is 33.2 Å². The van der Waals surface area contributed by atoms with E-state index in [1.165, 1.54) is 23.1 Å². The highest BCUT2D eigenvalue weighted by Gasteiger charge is 2.18. The number of carbonyl (C=O) groups excluding carboxylic acids is 3. The molecule has 3 aromatic carbocycles. The van der Waals surface area contributed by atoms with Gasteiger partial charge in [-0.15, -0.1) is 0 Å². The third kappa shape index (κ3) is 7.71. The summed E-state index contributed by atoms with van der Waals surface area (Å²) < 4.78 is 12.4. The number of unbranched alkanes of at least 4 members (excludes halogenated alkanes) is 1. The Morgan fingerprint density at radius 2 is 1.36 bits per heavy atom. The highest BCUT2D eigenvalue weighted by molar-refractivity contribution is 6.43. The zero-order valence-electron chi connectivity index (χ0n) is 26.3. The molecular formula is C35H30Cl2N6O7. The van der Waals surface area contributed by atoms with E-state index in [2.05, 4.69) is 20.2 Å². The van der Waals surface area contributed by atoms with Crippen LogP contribution in [0.1, 0.15) is 55.7 Å². The molecule has 0 aliphatic heterocycles. The predicted molar refractivity (Wildman–Crippen MR) is 183 cm³/mol. The quantitative estimate of drug-likeness (QED) is 0.0506. The zero-order valence-corrected chi connectivity index (χ0v) is 27.8. The van der Waals surface area contributed by atoms with Gasteiger partial charge in [0.15, 0.2) is 11.4 Å². The first-order chi connectivity index (χ1) is 24.2. The molecule has 15 heteroatoms. The number of nitrogens with one attached hydrogen (secondary N) is 3. The van der Waals surface area contributed by atoms with Crippen molar-refractivity contribution in [3.63, 3.8) is 0 Å². The van der Waals surface area contributed by atoms with Crippen molar-refractivity contribution in [2.24, 2.45) is 0 Å². The van der Waals surface area contributed by atoms with E-state index in [4.69, 9.17) is 42.7 Å². The van der Waals surface area contributed by atoms with Crippen LogP contribution in [0.5, 0.6) is 0 Å². The first-order valence-corrected chi connectivity index (χ1v) is 16.3. The molecule has 6 aromatic rings. The van der Waals surface area contributed by atoms with Gasteiger partial charge in [-0.1, -0.05) is 63.8 Å². The lowest BCUT2D eigenvalue weighted by Gasteiger charge is -2.11. The van der Waals surface area contributed by atoms with Crippen molar-refractivity contribution >= 4 is 51.8 Å². The Morgan fingerprint density at radius 3 is 2.04 bits per heavy atom. The highest BCUT2D eigenvalue weighted by atomic mass is 35.5. The molecule has 0 spiro atoms. The van der Waals surface area contributed by atoms with E-state index in [0.29, 0.717) is 40.1 Å². The van der Waals surface area contributed by atoms with Gasteiger partial charge in [0.05, 0.1) is 15.6 Å². The molecule has 5 N–H and O–H groups in total. The lowest BCUT2D eigenvalue weighted by Crippen LogP contribution is -2.25. The molecule has 3 heterocycles. The summed E-state index contributed by atoms with van der Waals surface area (Å²) in [7, 11) is 0. The van der Waals surface area contributed by atoms with Crippen LogP contribution in [-0.4, -0.2) is 49.6 Å². The molecule has 0 atom stereocenters. The van der Waals surface area contributed by atoms with Crippen molar-refractivity contribution in [2.75, 3.05) is 6.54 Å². The first kappa shape index (κ1) is 34.4. The van der Waals surface area contributed by atoms with Gasteiger partial charge in [-0.25, -0.2) is 11.0 Å². The maximum absolute atomic E-state index is 13.5. The van der Waals surface area contributed by atoms with E-state index in [-0.39, 0.29) is 30.3 Å². The zero-order chi connectivity index (χ0) is 35.2. The van der Waals surface area contributed by atoms with Gasteiger partial charge in [-0.3, -0.25) is 24.8 Å². The van der Waals surface area contributed by atoms with Crippen LogP contribution in [0.2, 0.25) is 10.0 Å². The summed E-state index contributed by atoms with van der Waals surface area (Å²) >= 11 is 13.0. The third-order valence-electron chi connectivity index (χ3n) is 8.05. The number of nitrogens with zero attached hydrogens (tertiary/aromatic N) is 3. The van der Waals surface area contributed by atoms with Crippen molar-refractivity contribution in [2.45, 2.75) is 32.2 Å². The van der Waals surface area contributed by atoms with Gasteiger partial charge in [0.1, 0.15) is 11.5 Å². The fourth-order valence-electron chi connectivity index (χ4n) is 5.58. The topological polar surface area (TPSA) is 185 Å². The van der Waals surface area contributed by atoms with Crippen molar-refractivity contribution in [1.29, 1.82) is 0 Å². The molecule has 6 rings (SSSR count). The van der Waals surface area contributed by atoms with E-state index in [9.17, 15) is 14.4 Å². The molecule has 0 unspecified atom stereocenters. The van der Waals surface area contributed by atoms with Gasteiger partial charge in [0.2, 0.25) is 0 Å². The molecule has 0 fully saturated rings. The molecular weight excluding hydrogens is 687 g/mol. The molecule has 256 valence electrons. The smallest absolute Gasteiger partial charge is 0.296 e. The fourth-order valence-corrected chi connectivity index (χ4v) is 5.91. The van der Waals surface area contributed by atoms with Crippen molar-refractivity contribution in [1.82, 2.24) is 31.2 Å². The SMILES string of the molecule is O=C(NCCc1cc(C(=O)NO)no1)c1cc(-c2ccccc2)cc(-c2cn(CCCCc3cc(C(=O)NO)no3)c3cc(Cl)c(Cl)cc23)c1. The first-order valence-electron chi connectivity index (χ1n) is 15.5. The molecule has 0 aliphatic rings. The molecule has 50 heavy (non-hydrogen) atoms. The van der Waals surface area contributed by atoms with Crippen molar-refractivity contribution in [3.8, 4) is 22.3 Å². The Balaban J connectivity index is 1.26. The summed E-state index contributed by atoms with van der Waals surface area (Å²) in [5.41, 5.74) is 7.68. The third-order valence-corrected chi connectivity index (χ3v) is 8.77. The normalized spacial score (nSPS) is 11.1. The van der Waals surface area contributed by atoms with Gasteiger partial charge in [0.25, 0.3) is 17.7 Å². The summed E-state index contributed by atoms with van der Waals surface area (Å²) in [6, 6.07) is 21.9. The van der Waals surface area contributed by atoms with Crippen molar-refractivity contribution < 1.29 is 33.8 Å². The Hall–Kier alpha value is -5.47. The molecule has 3 amide bonds. The largest absolute Gasteiger partial charge is 0.361 e. The van der Waals surface area contributed by atoms with E-state index in [1.807, 2.05) is 66.9 Å². The van der Waals surface area contributed by atoms with Crippen LogP contribution in [0.4, 0.5) is 0 Å². The van der Waals surface area contributed by atoms with E-state index < -0.39 is 11.8 Å². The van der Waals surface area contributed by atoms with Crippen LogP contribution >= 0.6 is 23.2 Å². The number of halogens is 2. The second kappa shape index (κ2) is 15.4. The minimum atomic E-state index is -0.796. The molecule has 0 radical (unpaired) electrons. The number of hydrogen-bond acceptors (Lipinski definition) is 9. The minimum Gasteiger partial charge on any atom is -0.361 e. The summed E-state index contributed by atoms with van der Waals surface area (Å²) in [6.45, 7) is 0.831. The molecule has 3 aromatic heterocycles. The van der Waals surface area contributed by atoms with Gasteiger partial charge in [0, 0.05) is 60.8 Å². The van der Waals surface area contributed by atoms with Crippen LogP contribution in [0, 0.1) is 0 Å². The molecule has 0 bridgehead atoms. The summed E-state index contributed by atoms with van der Waals surface area (Å²) in [5.74, 6) is -0.954. The Bertz CT molecular complexity index is 2180. The van der Waals surface area contributed by atoms with E-state index in [0.717, 1.165) is 46.0 Å². The van der Waals surface area contributed by atoms with Crippen LogP contribution < -0.4 is 16.3 Å². The standard InChI is InChI=1S/C35H30Cl2N6O7/c36-28-17-26-27(19-43(32(26)18-29(28)37)11-5-4-8-24-15-30(41-49-24)34(45)39-47)22-12-21(20-6-2-1-3-7-20)13-23(14-22)33(44)38-10-9-25-16-31(42-50-25)35(46)40-48/h1-3,6-7,12-19,47-48H,4-5,8-11H2,(H,38,44)(H,39,45)(H,40,46). The van der Waals surface area contributed by atoms with Gasteiger partial charge in [-0.05, 0) is 59.9 Å². The summed E-state index contributed by atoms with van der Waals surface area (Å²) in [5, 5.41) is 29.5. The summed E-state index contributed by atoms with van der Waals surface area (Å²) in [4.78, 5) is 36.7. The molecule has 0 saturated heterocycles. The molecule has 13 nitrogen and oxygen atoms in total. The monoisotopic (exact) mass is 716 g/mol. The fraction of sp³-hybridized carbons (Fsp3) is 0.171. The van der Waals surface area contributed by atoms with Crippen molar-refractivity contribution in [3.05, 3.63) is 118 Å². The molecule has 0 aliphatic carbocycles. The number of aryl methyl sites for hydroxylation is 2. The van der Waals surface area contributed by atoms with E-state index in [1.54, 1.807) is 0 Å². The van der Waals surface area contributed by atoms with E-state index >= 15 is 0 Å². The number of aromatic nitrogens is 3. The number of carbonyl (C=O) groups is 3. The second-order valence-corrected chi connectivity index (χ2v) is 12.2. The lowest BCUT2D eigenvalue weighted by molar-refractivity contribution is 0.0692. The highest BCUT2D eigenvalue weighted by Crippen LogP contribution is 2.38. The predicted octanol–water partition coefficient (Wildman–Crippen LogP) is 6.49. The molecule has 0 saturated carbocycles. The average Bonchev–Trinajstić information content (AvgIpc) is 3.89. The van der Waals surface area contributed by atoms with Crippen LogP contribution in [-0.2, 0) is 19.4 Å². The number of rotatable bonds is 13. The maximum atomic E-state index is 13.5. The average molecular weight is 718 g/mol. The van der Waals surface area contributed by atoms with Gasteiger partial charge >= 0.3 is 0 Å². The second-order valence-electron chi connectivity index (χ2n) is 11.4. The minimum absolute atomic E-state index is 0.000957. The number of benzene rings is 3. The lowest BCUT2D eigenvalue weighted by atomic mass is 9.95. The Kier molecular flexibility index (Phi) is 10.6.